The van der Waals surface area contributed by atoms with Crippen LogP contribution >= 0.6 is 0 Å². The van der Waals surface area contributed by atoms with E-state index in [0.29, 0.717) is 0 Å². The molecule has 0 amide bonds. The first-order chi connectivity index (χ1) is 6.37. The van der Waals surface area contributed by atoms with E-state index in [2.05, 4.69) is 38.0 Å². The van der Waals surface area contributed by atoms with E-state index in [1.165, 1.54) is 0 Å². The molecule has 0 aromatic carbocycles. The van der Waals surface area contributed by atoms with Gasteiger partial charge in [-0.05, 0) is 19.8 Å². The van der Waals surface area contributed by atoms with Crippen molar-refractivity contribution in [3.05, 3.63) is 0 Å². The Kier molecular flexibility index (Phi) is 3.41. The smallest absolute Gasteiger partial charge is 0.147 e. The minimum Gasteiger partial charge on any atom is -0.396 e. The SMILES string of the molecule is CC1(CCCO)OC1C#C[Si](C)(C)C. The number of hydrogen-bond donors (Lipinski definition) is 1. The van der Waals surface area contributed by atoms with Gasteiger partial charge in [0.25, 0.3) is 0 Å². The Balaban J connectivity index is 2.40. The van der Waals surface area contributed by atoms with Gasteiger partial charge in [-0.3, -0.25) is 0 Å². The average Bonchev–Trinajstić information content (AvgIpc) is 2.70. The number of rotatable bonds is 3. The molecule has 1 aliphatic rings. The summed E-state index contributed by atoms with van der Waals surface area (Å²) in [7, 11) is -1.26. The van der Waals surface area contributed by atoms with Gasteiger partial charge in [0, 0.05) is 6.61 Å². The molecule has 80 valence electrons. The molecule has 2 unspecified atom stereocenters. The van der Waals surface area contributed by atoms with Crippen LogP contribution in [0.1, 0.15) is 19.8 Å². The van der Waals surface area contributed by atoms with Crippen molar-refractivity contribution in [1.29, 1.82) is 0 Å². The lowest BCUT2D eigenvalue weighted by molar-refractivity contribution is 0.246. The molecule has 1 aliphatic heterocycles. The molecule has 2 nitrogen and oxygen atoms in total. The summed E-state index contributed by atoms with van der Waals surface area (Å²) in [5, 5.41) is 8.72. The number of ether oxygens (including phenoxy) is 1. The Labute approximate surface area is 87.7 Å². The predicted octanol–water partition coefficient (Wildman–Crippen LogP) is 1.80. The lowest BCUT2D eigenvalue weighted by Gasteiger charge is -2.04. The Morgan fingerprint density at radius 1 is 1.43 bits per heavy atom. The third-order valence-corrected chi connectivity index (χ3v) is 3.19. The highest BCUT2D eigenvalue weighted by atomic mass is 28.3. The van der Waals surface area contributed by atoms with E-state index in [-0.39, 0.29) is 18.3 Å². The van der Waals surface area contributed by atoms with Crippen LogP contribution in [0.25, 0.3) is 0 Å². The van der Waals surface area contributed by atoms with Gasteiger partial charge >= 0.3 is 0 Å². The fraction of sp³-hybridized carbons (Fsp3) is 0.818. The molecule has 1 N–H and O–H groups in total. The van der Waals surface area contributed by atoms with E-state index in [1.807, 2.05) is 0 Å². The van der Waals surface area contributed by atoms with Crippen LogP contribution in [-0.4, -0.2) is 31.5 Å². The van der Waals surface area contributed by atoms with Crippen molar-refractivity contribution in [1.82, 2.24) is 0 Å². The zero-order valence-corrected chi connectivity index (χ0v) is 10.6. The zero-order valence-electron chi connectivity index (χ0n) is 9.55. The van der Waals surface area contributed by atoms with Crippen LogP contribution < -0.4 is 0 Å². The summed E-state index contributed by atoms with van der Waals surface area (Å²) in [5.74, 6) is 3.20. The molecule has 14 heavy (non-hydrogen) atoms. The number of aliphatic hydroxyl groups is 1. The van der Waals surface area contributed by atoms with Crippen LogP contribution in [-0.2, 0) is 4.74 Å². The molecule has 1 fully saturated rings. The summed E-state index contributed by atoms with van der Waals surface area (Å²) in [6.07, 6.45) is 1.83. The zero-order chi connectivity index (χ0) is 10.8. The van der Waals surface area contributed by atoms with E-state index >= 15 is 0 Å². The van der Waals surface area contributed by atoms with Crippen LogP contribution in [0.4, 0.5) is 0 Å². The van der Waals surface area contributed by atoms with Crippen LogP contribution in [0.5, 0.6) is 0 Å². The summed E-state index contributed by atoms with van der Waals surface area (Å²) in [5.41, 5.74) is 3.24. The van der Waals surface area contributed by atoms with Gasteiger partial charge in [0.1, 0.15) is 19.8 Å². The van der Waals surface area contributed by atoms with Crippen molar-refractivity contribution < 1.29 is 9.84 Å². The van der Waals surface area contributed by atoms with E-state index < -0.39 is 8.07 Å². The predicted molar refractivity (Wildman–Crippen MR) is 60.7 cm³/mol. The highest BCUT2D eigenvalue weighted by Gasteiger charge is 2.50. The maximum Gasteiger partial charge on any atom is 0.147 e. The summed E-state index contributed by atoms with van der Waals surface area (Å²) in [6.45, 7) is 9.01. The molecule has 0 bridgehead atoms. The highest BCUT2D eigenvalue weighted by molar-refractivity contribution is 6.83. The maximum absolute atomic E-state index is 8.72. The molecule has 1 rings (SSSR count). The molecule has 0 radical (unpaired) electrons. The van der Waals surface area contributed by atoms with Crippen LogP contribution in [0.3, 0.4) is 0 Å². The molecule has 3 heteroatoms. The molecule has 0 saturated carbocycles. The molecule has 0 aliphatic carbocycles. The molecular formula is C11H20O2Si. The van der Waals surface area contributed by atoms with Gasteiger partial charge < -0.3 is 9.84 Å². The molecule has 2 atom stereocenters. The number of hydrogen-bond acceptors (Lipinski definition) is 2. The quantitative estimate of drug-likeness (QED) is 0.439. The largest absolute Gasteiger partial charge is 0.396 e. The second-order valence-electron chi connectivity index (χ2n) is 5.16. The van der Waals surface area contributed by atoms with Crippen LogP contribution in [0.2, 0.25) is 19.6 Å². The third kappa shape index (κ3) is 3.45. The van der Waals surface area contributed by atoms with E-state index in [1.54, 1.807) is 0 Å². The minimum atomic E-state index is -1.26. The Hall–Kier alpha value is -0.303. The van der Waals surface area contributed by atoms with Gasteiger partial charge in [-0.15, -0.1) is 5.54 Å². The topological polar surface area (TPSA) is 32.8 Å². The van der Waals surface area contributed by atoms with Crippen molar-refractivity contribution in [2.75, 3.05) is 6.61 Å². The van der Waals surface area contributed by atoms with E-state index in [0.717, 1.165) is 12.8 Å². The van der Waals surface area contributed by atoms with Crippen molar-refractivity contribution in [2.24, 2.45) is 0 Å². The third-order valence-electron chi connectivity index (χ3n) is 2.29. The Bertz CT molecular complexity index is 259. The molecular weight excluding hydrogens is 192 g/mol. The van der Waals surface area contributed by atoms with Crippen molar-refractivity contribution >= 4 is 8.07 Å². The van der Waals surface area contributed by atoms with E-state index in [4.69, 9.17) is 9.84 Å². The van der Waals surface area contributed by atoms with Gasteiger partial charge in [-0.1, -0.05) is 25.6 Å². The second-order valence-corrected chi connectivity index (χ2v) is 9.91. The highest BCUT2D eigenvalue weighted by Crippen LogP contribution is 2.39. The monoisotopic (exact) mass is 212 g/mol. The first-order valence-electron chi connectivity index (χ1n) is 5.19. The van der Waals surface area contributed by atoms with Crippen molar-refractivity contribution in [3.8, 4) is 11.5 Å². The normalized spacial score (nSPS) is 30.8. The van der Waals surface area contributed by atoms with Crippen molar-refractivity contribution in [2.45, 2.75) is 51.1 Å². The fourth-order valence-electron chi connectivity index (χ4n) is 1.32. The second kappa shape index (κ2) is 4.06. The van der Waals surface area contributed by atoms with Crippen LogP contribution in [0, 0.1) is 11.5 Å². The van der Waals surface area contributed by atoms with Gasteiger partial charge in [-0.2, -0.15) is 0 Å². The maximum atomic E-state index is 8.72. The summed E-state index contributed by atoms with van der Waals surface area (Å²) < 4.78 is 5.54. The van der Waals surface area contributed by atoms with Gasteiger partial charge in [-0.25, -0.2) is 0 Å². The fourth-order valence-corrected chi connectivity index (χ4v) is 1.88. The molecule has 1 saturated heterocycles. The van der Waals surface area contributed by atoms with E-state index in [9.17, 15) is 0 Å². The number of epoxide rings is 1. The molecule has 0 aromatic rings. The standard InChI is InChI=1S/C11H20O2Si/c1-11(7-5-8-12)10(13-11)6-9-14(2,3)4/h10,12H,5,7-8H2,1-4H3. The lowest BCUT2D eigenvalue weighted by atomic mass is 10.0. The number of aliphatic hydroxyl groups excluding tert-OH is 1. The Morgan fingerprint density at radius 3 is 2.57 bits per heavy atom. The molecule has 1 heterocycles. The van der Waals surface area contributed by atoms with Gasteiger partial charge in [0.15, 0.2) is 0 Å². The van der Waals surface area contributed by atoms with Crippen LogP contribution in [0.15, 0.2) is 0 Å². The first-order valence-corrected chi connectivity index (χ1v) is 8.69. The Morgan fingerprint density at radius 2 is 2.07 bits per heavy atom. The minimum absolute atomic E-state index is 0.0740. The van der Waals surface area contributed by atoms with Crippen molar-refractivity contribution in [3.63, 3.8) is 0 Å². The summed E-state index contributed by atoms with van der Waals surface area (Å²) >= 11 is 0. The average molecular weight is 212 g/mol. The summed E-state index contributed by atoms with van der Waals surface area (Å²) in [6, 6.07) is 0. The van der Waals surface area contributed by atoms with Gasteiger partial charge in [0.05, 0.1) is 0 Å². The van der Waals surface area contributed by atoms with Gasteiger partial charge in [0.2, 0.25) is 0 Å². The molecule has 0 aromatic heterocycles. The summed E-state index contributed by atoms with van der Waals surface area (Å²) in [4.78, 5) is 0. The first kappa shape index (κ1) is 11.8. The molecule has 0 spiro atoms. The lowest BCUT2D eigenvalue weighted by Crippen LogP contribution is -2.17.